The van der Waals surface area contributed by atoms with Gasteiger partial charge in [-0.3, -0.25) is 0 Å². The zero-order chi connectivity index (χ0) is 14.1. The van der Waals surface area contributed by atoms with Crippen molar-refractivity contribution < 1.29 is 15.3 Å². The van der Waals surface area contributed by atoms with E-state index in [0.717, 1.165) is 36.2 Å². The van der Waals surface area contributed by atoms with E-state index in [9.17, 15) is 15.3 Å². The highest BCUT2D eigenvalue weighted by Gasteiger charge is 2.22. The Morgan fingerprint density at radius 3 is 2.40 bits per heavy atom. The summed E-state index contributed by atoms with van der Waals surface area (Å²) < 4.78 is 0. The van der Waals surface area contributed by atoms with Crippen LogP contribution in [0.3, 0.4) is 0 Å². The molecule has 0 amide bonds. The highest BCUT2D eigenvalue weighted by atomic mass is 16.3. The van der Waals surface area contributed by atoms with Gasteiger partial charge in [-0.15, -0.1) is 0 Å². The molecule has 0 spiro atoms. The molecule has 4 N–H and O–H groups in total. The zero-order valence-electron chi connectivity index (χ0n) is 11.0. The van der Waals surface area contributed by atoms with Gasteiger partial charge in [0, 0.05) is 12.5 Å². The Morgan fingerprint density at radius 2 is 1.65 bits per heavy atom. The van der Waals surface area contributed by atoms with Gasteiger partial charge in [0.05, 0.1) is 0 Å². The van der Waals surface area contributed by atoms with Crippen LogP contribution in [0.5, 0.6) is 17.2 Å². The Balaban J connectivity index is 2.09. The van der Waals surface area contributed by atoms with Gasteiger partial charge in [-0.25, -0.2) is 0 Å². The van der Waals surface area contributed by atoms with Gasteiger partial charge in [-0.1, -0.05) is 12.1 Å². The summed E-state index contributed by atoms with van der Waals surface area (Å²) in [6, 6.07) is 10.4. The summed E-state index contributed by atoms with van der Waals surface area (Å²) in [5.74, 6) is 0.174. The number of aromatic hydroxyl groups is 3. The molecule has 2 aromatic rings. The van der Waals surface area contributed by atoms with Crippen molar-refractivity contribution in [1.29, 1.82) is 0 Å². The first-order chi connectivity index (χ1) is 9.65. The molecular weight excluding hydrogens is 254 g/mol. The minimum Gasteiger partial charge on any atom is -0.508 e. The van der Waals surface area contributed by atoms with Crippen molar-refractivity contribution in [1.82, 2.24) is 5.32 Å². The Morgan fingerprint density at radius 1 is 0.950 bits per heavy atom. The highest BCUT2D eigenvalue weighted by molar-refractivity contribution is 5.50. The second-order valence-corrected chi connectivity index (χ2v) is 5.14. The van der Waals surface area contributed by atoms with Crippen LogP contribution in [0.1, 0.15) is 22.6 Å². The molecule has 0 bridgehead atoms. The lowest BCUT2D eigenvalue weighted by molar-refractivity contribution is 0.402. The fourth-order valence-corrected chi connectivity index (χ4v) is 2.76. The number of hydrogen-bond acceptors (Lipinski definition) is 4. The lowest BCUT2D eigenvalue weighted by Crippen LogP contribution is -2.20. The number of benzene rings is 2. The van der Waals surface area contributed by atoms with Gasteiger partial charge in [0.15, 0.2) is 11.5 Å². The van der Waals surface area contributed by atoms with Gasteiger partial charge in [-0.2, -0.15) is 0 Å². The number of phenols is 3. The van der Waals surface area contributed by atoms with Crippen molar-refractivity contribution >= 4 is 0 Å². The quantitative estimate of drug-likeness (QED) is 0.599. The minimum atomic E-state index is -0.0885. The molecule has 1 unspecified atom stereocenters. The maximum absolute atomic E-state index is 9.77. The third kappa shape index (κ3) is 2.30. The number of hydrogen-bond donors (Lipinski definition) is 4. The first-order valence-corrected chi connectivity index (χ1v) is 6.69. The molecule has 104 valence electrons. The minimum absolute atomic E-state index is 0.0740. The van der Waals surface area contributed by atoms with Gasteiger partial charge in [-0.05, 0) is 53.9 Å². The molecule has 4 heteroatoms. The second kappa shape index (κ2) is 5.06. The van der Waals surface area contributed by atoms with Gasteiger partial charge in [0.1, 0.15) is 5.75 Å². The van der Waals surface area contributed by atoms with E-state index in [2.05, 4.69) is 5.32 Å². The van der Waals surface area contributed by atoms with Crippen LogP contribution >= 0.6 is 0 Å². The molecule has 2 aromatic carbocycles. The number of nitrogens with one attached hydrogen (secondary N) is 1. The predicted molar refractivity (Wildman–Crippen MR) is 76.3 cm³/mol. The molecule has 0 aromatic heterocycles. The number of fused-ring (bicyclic) bond motifs is 1. The average molecular weight is 271 g/mol. The van der Waals surface area contributed by atoms with Gasteiger partial charge in [0.25, 0.3) is 0 Å². The van der Waals surface area contributed by atoms with Crippen molar-refractivity contribution in [3.8, 4) is 17.2 Å². The van der Waals surface area contributed by atoms with E-state index < -0.39 is 0 Å². The van der Waals surface area contributed by atoms with Crippen molar-refractivity contribution in [3.63, 3.8) is 0 Å². The van der Waals surface area contributed by atoms with Crippen LogP contribution in [0.15, 0.2) is 36.4 Å². The summed E-state index contributed by atoms with van der Waals surface area (Å²) in [5, 5.41) is 32.2. The molecule has 0 saturated heterocycles. The Hall–Kier alpha value is -2.20. The van der Waals surface area contributed by atoms with E-state index in [1.807, 2.05) is 12.1 Å². The van der Waals surface area contributed by atoms with Crippen molar-refractivity contribution in [2.45, 2.75) is 12.3 Å². The standard InChI is InChI=1S/C16H17NO3/c18-12-3-1-10(2-4-12)14-9-17-6-5-11-7-15(19)16(20)8-13(11)14/h1-4,7-8,14,17-20H,5-6,9H2. The monoisotopic (exact) mass is 271 g/mol. The van der Waals surface area contributed by atoms with Crippen LogP contribution in [0, 0.1) is 0 Å². The molecule has 0 saturated carbocycles. The molecule has 1 heterocycles. The fraction of sp³-hybridized carbons (Fsp3) is 0.250. The lowest BCUT2D eigenvalue weighted by Gasteiger charge is -2.19. The third-order valence-corrected chi connectivity index (χ3v) is 3.83. The van der Waals surface area contributed by atoms with E-state index in [1.54, 1.807) is 24.3 Å². The topological polar surface area (TPSA) is 72.7 Å². The average Bonchev–Trinajstić information content (AvgIpc) is 2.63. The number of rotatable bonds is 1. The predicted octanol–water partition coefficient (Wildman–Crippen LogP) is 2.08. The largest absolute Gasteiger partial charge is 0.508 e. The Labute approximate surface area is 117 Å². The van der Waals surface area contributed by atoms with Crippen LogP contribution in [-0.2, 0) is 6.42 Å². The fourth-order valence-electron chi connectivity index (χ4n) is 2.76. The SMILES string of the molecule is Oc1ccc(C2CNCCc3cc(O)c(O)cc32)cc1. The highest BCUT2D eigenvalue weighted by Crippen LogP contribution is 2.36. The third-order valence-electron chi connectivity index (χ3n) is 3.83. The summed E-state index contributed by atoms with van der Waals surface area (Å²) in [6.45, 7) is 1.60. The Kier molecular flexibility index (Phi) is 3.24. The maximum atomic E-state index is 9.77. The smallest absolute Gasteiger partial charge is 0.157 e. The molecule has 0 fully saturated rings. The first kappa shape index (κ1) is 12.8. The van der Waals surface area contributed by atoms with E-state index in [-0.39, 0.29) is 23.2 Å². The van der Waals surface area contributed by atoms with Crippen molar-refractivity contribution in [3.05, 3.63) is 53.1 Å². The molecule has 3 rings (SSSR count). The van der Waals surface area contributed by atoms with Crippen LogP contribution in [-0.4, -0.2) is 28.4 Å². The molecule has 1 atom stereocenters. The number of phenolic OH excluding ortho intramolecular Hbond substituents is 3. The summed E-state index contributed by atoms with van der Waals surface area (Å²) in [7, 11) is 0. The van der Waals surface area contributed by atoms with Crippen molar-refractivity contribution in [2.24, 2.45) is 0 Å². The Bertz CT molecular complexity index is 622. The van der Waals surface area contributed by atoms with Crippen LogP contribution in [0.25, 0.3) is 0 Å². The van der Waals surface area contributed by atoms with Gasteiger partial charge >= 0.3 is 0 Å². The van der Waals surface area contributed by atoms with E-state index in [1.165, 1.54) is 0 Å². The van der Waals surface area contributed by atoms with E-state index in [0.29, 0.717) is 0 Å². The summed E-state index contributed by atoms with van der Waals surface area (Å²) >= 11 is 0. The zero-order valence-corrected chi connectivity index (χ0v) is 11.0. The maximum Gasteiger partial charge on any atom is 0.157 e. The van der Waals surface area contributed by atoms with Crippen LogP contribution in [0.2, 0.25) is 0 Å². The first-order valence-electron chi connectivity index (χ1n) is 6.69. The lowest BCUT2D eigenvalue weighted by atomic mass is 9.88. The van der Waals surface area contributed by atoms with Gasteiger partial charge < -0.3 is 20.6 Å². The normalized spacial score (nSPS) is 18.3. The molecule has 0 radical (unpaired) electrons. The van der Waals surface area contributed by atoms with E-state index in [4.69, 9.17) is 0 Å². The molecular formula is C16H17NO3. The van der Waals surface area contributed by atoms with Gasteiger partial charge in [0.2, 0.25) is 0 Å². The van der Waals surface area contributed by atoms with Crippen LogP contribution < -0.4 is 5.32 Å². The second-order valence-electron chi connectivity index (χ2n) is 5.14. The molecule has 4 nitrogen and oxygen atoms in total. The molecule has 0 aliphatic carbocycles. The van der Waals surface area contributed by atoms with E-state index >= 15 is 0 Å². The summed E-state index contributed by atoms with van der Waals surface area (Å²) in [5.41, 5.74) is 3.14. The molecule has 1 aliphatic heterocycles. The molecule has 20 heavy (non-hydrogen) atoms. The summed E-state index contributed by atoms with van der Waals surface area (Å²) in [6.07, 6.45) is 0.817. The van der Waals surface area contributed by atoms with Crippen molar-refractivity contribution in [2.75, 3.05) is 13.1 Å². The van der Waals surface area contributed by atoms with Crippen LogP contribution in [0.4, 0.5) is 0 Å². The summed E-state index contributed by atoms with van der Waals surface area (Å²) in [4.78, 5) is 0. The molecule has 1 aliphatic rings.